The Bertz CT molecular complexity index is 416. The number of anilines is 1. The number of hydrogen-bond acceptors (Lipinski definition) is 2. The van der Waals surface area contributed by atoms with E-state index >= 15 is 0 Å². The molecule has 1 amide bonds. The molecule has 0 saturated heterocycles. The molecule has 1 aromatic carbocycles. The van der Waals surface area contributed by atoms with Crippen LogP contribution >= 0.6 is 11.6 Å². The van der Waals surface area contributed by atoms with Crippen molar-refractivity contribution >= 4 is 23.2 Å². The topological polar surface area (TPSA) is 55.1 Å². The van der Waals surface area contributed by atoms with Crippen LogP contribution in [0.15, 0.2) is 18.2 Å². The van der Waals surface area contributed by atoms with E-state index in [1.165, 1.54) is 0 Å². The third kappa shape index (κ3) is 3.93. The lowest BCUT2D eigenvalue weighted by molar-refractivity contribution is 0.0936. The Morgan fingerprint density at radius 2 is 2.12 bits per heavy atom. The lowest BCUT2D eigenvalue weighted by atomic mass is 9.90. The van der Waals surface area contributed by atoms with Gasteiger partial charge in [-0.15, -0.1) is 0 Å². The van der Waals surface area contributed by atoms with Crippen molar-refractivity contribution in [1.82, 2.24) is 5.32 Å². The molecule has 3 N–H and O–H groups in total. The van der Waals surface area contributed by atoms with Gasteiger partial charge in [0.1, 0.15) is 0 Å². The van der Waals surface area contributed by atoms with Crippen LogP contribution in [0.25, 0.3) is 0 Å². The number of nitrogens with two attached hydrogens (primary N) is 1. The molecule has 0 fully saturated rings. The molecule has 0 bridgehead atoms. The van der Waals surface area contributed by atoms with Crippen molar-refractivity contribution in [3.05, 3.63) is 28.8 Å². The fourth-order valence-electron chi connectivity index (χ4n) is 1.26. The number of benzene rings is 1. The highest BCUT2D eigenvalue weighted by molar-refractivity contribution is 6.31. The Balaban J connectivity index is 2.74. The van der Waals surface area contributed by atoms with E-state index in [1.807, 2.05) is 0 Å². The summed E-state index contributed by atoms with van der Waals surface area (Å²) >= 11 is 5.84. The summed E-state index contributed by atoms with van der Waals surface area (Å²) in [5.74, 6) is -0.175. The van der Waals surface area contributed by atoms with Crippen molar-refractivity contribution in [1.29, 1.82) is 0 Å². The maximum absolute atomic E-state index is 11.9. The van der Waals surface area contributed by atoms with Gasteiger partial charge in [-0.25, -0.2) is 0 Å². The molecule has 0 heterocycles. The Kier molecular flexibility index (Phi) is 4.40. The van der Waals surface area contributed by atoms with E-state index in [0.717, 1.165) is 6.42 Å². The summed E-state index contributed by atoms with van der Waals surface area (Å²) < 4.78 is 0. The van der Waals surface area contributed by atoms with Crippen LogP contribution in [0.3, 0.4) is 0 Å². The highest BCUT2D eigenvalue weighted by atomic mass is 35.5. The Morgan fingerprint density at radius 3 is 2.71 bits per heavy atom. The fraction of sp³-hybridized carbons (Fsp3) is 0.462. The van der Waals surface area contributed by atoms with E-state index in [1.54, 1.807) is 18.2 Å². The normalized spacial score (nSPS) is 11.3. The fourth-order valence-corrected chi connectivity index (χ4v) is 1.44. The van der Waals surface area contributed by atoms with Crippen molar-refractivity contribution in [2.45, 2.75) is 27.2 Å². The highest BCUT2D eigenvalue weighted by Gasteiger charge is 2.17. The molecule has 0 spiro atoms. The van der Waals surface area contributed by atoms with Gasteiger partial charge in [0.25, 0.3) is 5.91 Å². The van der Waals surface area contributed by atoms with Gasteiger partial charge in [-0.2, -0.15) is 0 Å². The van der Waals surface area contributed by atoms with Gasteiger partial charge in [-0.1, -0.05) is 32.4 Å². The third-order valence-electron chi connectivity index (χ3n) is 2.94. The van der Waals surface area contributed by atoms with Crippen LogP contribution < -0.4 is 11.1 Å². The monoisotopic (exact) mass is 254 g/mol. The summed E-state index contributed by atoms with van der Waals surface area (Å²) in [6, 6.07) is 4.90. The predicted molar refractivity (Wildman–Crippen MR) is 72.3 cm³/mol. The van der Waals surface area contributed by atoms with Gasteiger partial charge in [0.2, 0.25) is 0 Å². The largest absolute Gasteiger partial charge is 0.398 e. The molecule has 0 aromatic heterocycles. The zero-order valence-electron chi connectivity index (χ0n) is 10.5. The zero-order valence-corrected chi connectivity index (χ0v) is 11.3. The molecular weight excluding hydrogens is 236 g/mol. The second-order valence-electron chi connectivity index (χ2n) is 4.93. The van der Waals surface area contributed by atoms with Crippen molar-refractivity contribution in [2.75, 3.05) is 12.3 Å². The van der Waals surface area contributed by atoms with E-state index in [-0.39, 0.29) is 11.3 Å². The van der Waals surface area contributed by atoms with Crippen molar-refractivity contribution in [3.8, 4) is 0 Å². The Hall–Kier alpha value is -1.22. The minimum Gasteiger partial charge on any atom is -0.398 e. The van der Waals surface area contributed by atoms with Crippen molar-refractivity contribution in [3.63, 3.8) is 0 Å². The van der Waals surface area contributed by atoms with Gasteiger partial charge in [0.05, 0.1) is 5.56 Å². The molecule has 0 unspecified atom stereocenters. The van der Waals surface area contributed by atoms with Crippen LogP contribution in [0.1, 0.15) is 37.6 Å². The van der Waals surface area contributed by atoms with Crippen LogP contribution in [0.5, 0.6) is 0 Å². The second kappa shape index (κ2) is 5.41. The smallest absolute Gasteiger partial charge is 0.253 e. The van der Waals surface area contributed by atoms with Crippen LogP contribution in [0, 0.1) is 5.41 Å². The minimum absolute atomic E-state index is 0.0863. The molecule has 0 saturated carbocycles. The Morgan fingerprint density at radius 1 is 1.47 bits per heavy atom. The summed E-state index contributed by atoms with van der Waals surface area (Å²) in [6.45, 7) is 6.93. The first kappa shape index (κ1) is 13.8. The number of carbonyl (C=O) groups excluding carboxylic acids is 1. The van der Waals surface area contributed by atoms with Crippen LogP contribution in [-0.4, -0.2) is 12.5 Å². The molecule has 3 nitrogen and oxygen atoms in total. The molecule has 17 heavy (non-hydrogen) atoms. The minimum atomic E-state index is -0.175. The van der Waals surface area contributed by atoms with Gasteiger partial charge in [-0.3, -0.25) is 4.79 Å². The maximum atomic E-state index is 11.9. The quantitative estimate of drug-likeness (QED) is 0.812. The summed E-state index contributed by atoms with van der Waals surface area (Å²) in [5.41, 5.74) is 6.71. The second-order valence-corrected chi connectivity index (χ2v) is 5.37. The highest BCUT2D eigenvalue weighted by Crippen LogP contribution is 2.20. The molecule has 1 rings (SSSR count). The molecule has 4 heteroatoms. The number of carbonyl (C=O) groups is 1. The van der Waals surface area contributed by atoms with Gasteiger partial charge in [-0.05, 0) is 30.0 Å². The molecule has 1 aromatic rings. The molecule has 0 aliphatic rings. The summed E-state index contributed by atoms with van der Waals surface area (Å²) in [7, 11) is 0. The number of rotatable bonds is 4. The van der Waals surface area contributed by atoms with Gasteiger partial charge < -0.3 is 11.1 Å². The number of nitrogen functional groups attached to an aromatic ring is 1. The average Bonchev–Trinajstić information content (AvgIpc) is 2.29. The molecule has 94 valence electrons. The molecule has 0 aliphatic heterocycles. The Labute approximate surface area is 107 Å². The van der Waals surface area contributed by atoms with Crippen LogP contribution in [-0.2, 0) is 0 Å². The predicted octanol–water partition coefficient (Wildman–Crippen LogP) is 3.09. The SMILES string of the molecule is CCC(C)(C)CNC(=O)c1cc(Cl)ccc1N. The summed E-state index contributed by atoms with van der Waals surface area (Å²) in [4.78, 5) is 11.9. The van der Waals surface area contributed by atoms with Crippen molar-refractivity contribution in [2.24, 2.45) is 5.41 Å². The van der Waals surface area contributed by atoms with Crippen LogP contribution in [0.4, 0.5) is 5.69 Å². The molecular formula is C13H19ClN2O. The first-order valence-corrected chi connectivity index (χ1v) is 6.07. The van der Waals surface area contributed by atoms with E-state index in [2.05, 4.69) is 26.1 Å². The van der Waals surface area contributed by atoms with Crippen LogP contribution in [0.2, 0.25) is 5.02 Å². The lowest BCUT2D eigenvalue weighted by Gasteiger charge is -2.23. The standard InChI is InChI=1S/C13H19ClN2O/c1-4-13(2,3)8-16-12(17)10-7-9(14)5-6-11(10)15/h5-7H,4,8,15H2,1-3H3,(H,16,17). The third-order valence-corrected chi connectivity index (χ3v) is 3.18. The van der Waals surface area contributed by atoms with E-state index in [4.69, 9.17) is 17.3 Å². The number of amides is 1. The molecule has 0 aliphatic carbocycles. The lowest BCUT2D eigenvalue weighted by Crippen LogP contribution is -2.33. The number of hydrogen-bond donors (Lipinski definition) is 2. The maximum Gasteiger partial charge on any atom is 0.253 e. The number of halogens is 1. The summed E-state index contributed by atoms with van der Waals surface area (Å²) in [5, 5.41) is 3.39. The first-order valence-electron chi connectivity index (χ1n) is 5.69. The molecule has 0 atom stereocenters. The first-order chi connectivity index (χ1) is 7.85. The van der Waals surface area contributed by atoms with E-state index in [9.17, 15) is 4.79 Å². The zero-order chi connectivity index (χ0) is 13.1. The van der Waals surface area contributed by atoms with Crippen molar-refractivity contribution < 1.29 is 4.79 Å². The summed E-state index contributed by atoms with van der Waals surface area (Å²) in [6.07, 6.45) is 0.998. The van der Waals surface area contributed by atoms with E-state index < -0.39 is 0 Å². The van der Waals surface area contributed by atoms with Gasteiger partial charge in [0, 0.05) is 17.3 Å². The average molecular weight is 255 g/mol. The van der Waals surface area contributed by atoms with E-state index in [0.29, 0.717) is 22.8 Å². The number of nitrogens with one attached hydrogen (secondary N) is 1. The van der Waals surface area contributed by atoms with Gasteiger partial charge >= 0.3 is 0 Å². The molecule has 0 radical (unpaired) electrons. The van der Waals surface area contributed by atoms with Gasteiger partial charge in [0.15, 0.2) is 0 Å².